The summed E-state index contributed by atoms with van der Waals surface area (Å²) in [6.45, 7) is 14.6. The molecule has 1 atom stereocenters. The molecule has 0 saturated carbocycles. The van der Waals surface area contributed by atoms with E-state index in [1.54, 1.807) is 0 Å². The van der Waals surface area contributed by atoms with Crippen LogP contribution in [0.2, 0.25) is 16.6 Å². The van der Waals surface area contributed by atoms with E-state index in [1.807, 2.05) is 0 Å². The number of benzene rings is 4. The van der Waals surface area contributed by atoms with Crippen LogP contribution in [0.3, 0.4) is 0 Å². The van der Waals surface area contributed by atoms with Gasteiger partial charge in [0.1, 0.15) is 0 Å². The molecule has 4 aromatic carbocycles. The van der Waals surface area contributed by atoms with Gasteiger partial charge in [-0.15, -0.1) is 6.42 Å². The Morgan fingerprint density at radius 3 is 1.55 bits per heavy atom. The Balaban J connectivity index is 1.77. The molecule has 1 heterocycles. The van der Waals surface area contributed by atoms with Gasteiger partial charge in [-0.3, -0.25) is 0 Å². The molecule has 0 aliphatic rings. The highest BCUT2D eigenvalue weighted by Crippen LogP contribution is 2.46. The van der Waals surface area contributed by atoms with Gasteiger partial charge >= 0.3 is 0 Å². The molecule has 5 aromatic rings. The molecule has 0 spiro atoms. The molecular formula is C38H41NSi. The number of aromatic nitrogens is 1. The molecule has 0 amide bonds. The zero-order valence-electron chi connectivity index (χ0n) is 24.7. The molecule has 0 saturated heterocycles. The van der Waals surface area contributed by atoms with Crippen LogP contribution in [0.5, 0.6) is 0 Å². The third-order valence-electron chi connectivity index (χ3n) is 8.92. The first kappa shape index (κ1) is 27.8. The largest absolute Gasteiger partial charge is 0.373 e. The Kier molecular flexibility index (Phi) is 7.88. The van der Waals surface area contributed by atoms with Crippen molar-refractivity contribution in [1.29, 1.82) is 0 Å². The lowest BCUT2D eigenvalue weighted by atomic mass is 9.87. The average Bonchev–Trinajstić information content (AvgIpc) is 3.33. The fourth-order valence-electron chi connectivity index (χ4n) is 7.37. The summed E-state index contributed by atoms with van der Waals surface area (Å²) in [7, 11) is -1.99. The lowest BCUT2D eigenvalue weighted by Gasteiger charge is -2.44. The fourth-order valence-corrected chi connectivity index (χ4v) is 14.0. The Hall–Kier alpha value is -3.80. The van der Waals surface area contributed by atoms with Gasteiger partial charge in [0.2, 0.25) is 0 Å². The van der Waals surface area contributed by atoms with Crippen LogP contribution in [0.25, 0.3) is 33.2 Å². The highest BCUT2D eigenvalue weighted by molar-refractivity contribution is 6.82. The zero-order chi connectivity index (χ0) is 28.4. The van der Waals surface area contributed by atoms with Crippen molar-refractivity contribution in [1.82, 2.24) is 4.23 Å². The minimum Gasteiger partial charge on any atom is -0.373 e. The molecule has 0 radical (unpaired) electrons. The first-order valence-electron chi connectivity index (χ1n) is 14.6. The highest BCUT2D eigenvalue weighted by Gasteiger charge is 2.46. The Labute approximate surface area is 242 Å². The molecule has 1 aromatic heterocycles. The normalized spacial score (nSPS) is 12.8. The van der Waals surface area contributed by atoms with Gasteiger partial charge in [-0.1, -0.05) is 126 Å². The number of rotatable bonds is 8. The highest BCUT2D eigenvalue weighted by atomic mass is 28.3. The van der Waals surface area contributed by atoms with Crippen LogP contribution in [-0.4, -0.2) is 12.5 Å². The van der Waals surface area contributed by atoms with Crippen molar-refractivity contribution in [2.24, 2.45) is 0 Å². The van der Waals surface area contributed by atoms with Gasteiger partial charge in [-0.2, -0.15) is 0 Å². The van der Waals surface area contributed by atoms with Crippen molar-refractivity contribution in [3.8, 4) is 34.6 Å². The van der Waals surface area contributed by atoms with Crippen molar-refractivity contribution in [3.05, 3.63) is 120 Å². The fraction of sp³-hybridized carbons (Fsp3) is 0.263. The topological polar surface area (TPSA) is 4.93 Å². The lowest BCUT2D eigenvalue weighted by Crippen LogP contribution is -2.51. The maximum Gasteiger partial charge on any atom is 0.169 e. The molecule has 0 aliphatic carbocycles. The molecule has 0 fully saturated rings. The van der Waals surface area contributed by atoms with Gasteiger partial charge in [0, 0.05) is 17.1 Å². The van der Waals surface area contributed by atoms with Gasteiger partial charge in [0.25, 0.3) is 0 Å². The van der Waals surface area contributed by atoms with Crippen molar-refractivity contribution < 1.29 is 0 Å². The van der Waals surface area contributed by atoms with E-state index in [0.29, 0.717) is 16.6 Å². The Morgan fingerprint density at radius 2 is 1.07 bits per heavy atom. The Bertz CT molecular complexity index is 1550. The van der Waals surface area contributed by atoms with Gasteiger partial charge < -0.3 is 4.23 Å². The standard InChI is InChI=1S/C38H41NSi/c1-8-35(34-24-32(30-17-11-9-12-18-30)23-33(25-34)31-19-13-10-14-20-31)37-26-39(38-22-16-15-21-36(37)38)40(27(2)3,28(4)5)29(6)7/h1,9-29,35H,2-7H3/t35-/m1/s1. The molecule has 2 heteroatoms. The average molecular weight is 540 g/mol. The van der Waals surface area contributed by atoms with Crippen LogP contribution in [0.15, 0.2) is 109 Å². The predicted octanol–water partition coefficient (Wildman–Crippen LogP) is 10.8. The third kappa shape index (κ3) is 4.74. The number of hydrogen-bond acceptors (Lipinski definition) is 0. The van der Waals surface area contributed by atoms with E-state index in [-0.39, 0.29) is 5.92 Å². The van der Waals surface area contributed by atoms with E-state index in [2.05, 4.69) is 161 Å². The second-order valence-corrected chi connectivity index (χ2v) is 17.7. The lowest BCUT2D eigenvalue weighted by molar-refractivity contribution is 0.771. The first-order chi connectivity index (χ1) is 19.3. The smallest absolute Gasteiger partial charge is 0.169 e. The van der Waals surface area contributed by atoms with E-state index in [4.69, 9.17) is 6.42 Å². The van der Waals surface area contributed by atoms with Crippen molar-refractivity contribution in [2.45, 2.75) is 64.1 Å². The van der Waals surface area contributed by atoms with Crippen LogP contribution < -0.4 is 0 Å². The van der Waals surface area contributed by atoms with Crippen molar-refractivity contribution in [3.63, 3.8) is 0 Å². The molecule has 1 nitrogen and oxygen atoms in total. The molecule has 0 aliphatic heterocycles. The van der Waals surface area contributed by atoms with Crippen LogP contribution in [0.4, 0.5) is 0 Å². The van der Waals surface area contributed by atoms with E-state index >= 15 is 0 Å². The van der Waals surface area contributed by atoms with Crippen LogP contribution >= 0.6 is 0 Å². The summed E-state index contributed by atoms with van der Waals surface area (Å²) in [4.78, 5) is 0. The predicted molar refractivity (Wildman–Crippen MR) is 176 cm³/mol. The zero-order valence-corrected chi connectivity index (χ0v) is 25.7. The maximum absolute atomic E-state index is 6.46. The summed E-state index contributed by atoms with van der Waals surface area (Å²) >= 11 is 0. The summed E-state index contributed by atoms with van der Waals surface area (Å²) in [5, 5.41) is 1.27. The van der Waals surface area contributed by atoms with Gasteiger partial charge in [-0.05, 0) is 74.3 Å². The monoisotopic (exact) mass is 539 g/mol. The summed E-state index contributed by atoms with van der Waals surface area (Å²) in [6.07, 6.45) is 8.90. The van der Waals surface area contributed by atoms with E-state index in [0.717, 1.165) is 5.56 Å². The molecule has 5 rings (SSSR count). The molecule has 0 bridgehead atoms. The van der Waals surface area contributed by atoms with Gasteiger partial charge in [0.15, 0.2) is 8.24 Å². The summed E-state index contributed by atoms with van der Waals surface area (Å²) < 4.78 is 2.71. The van der Waals surface area contributed by atoms with Crippen LogP contribution in [0, 0.1) is 12.3 Å². The second kappa shape index (κ2) is 11.4. The minimum atomic E-state index is -1.99. The Morgan fingerprint density at radius 1 is 0.600 bits per heavy atom. The summed E-state index contributed by atoms with van der Waals surface area (Å²) in [5.41, 5.74) is 10.3. The van der Waals surface area contributed by atoms with Crippen molar-refractivity contribution in [2.75, 3.05) is 0 Å². The molecular weight excluding hydrogens is 499 g/mol. The maximum atomic E-state index is 6.46. The minimum absolute atomic E-state index is 0.157. The van der Waals surface area contributed by atoms with Crippen LogP contribution in [-0.2, 0) is 0 Å². The molecule has 0 N–H and O–H groups in total. The van der Waals surface area contributed by atoms with Crippen LogP contribution in [0.1, 0.15) is 58.6 Å². The SMILES string of the molecule is C#C[C@H](c1cc(-c2ccccc2)cc(-c2ccccc2)c1)c1cn([Si](C(C)C)(C(C)C)C(C)C)c2ccccc12. The number of fused-ring (bicyclic) bond motifs is 1. The number of para-hydroxylation sites is 1. The molecule has 202 valence electrons. The van der Waals surface area contributed by atoms with E-state index < -0.39 is 8.24 Å². The van der Waals surface area contributed by atoms with Gasteiger partial charge in [-0.25, -0.2) is 0 Å². The first-order valence-corrected chi connectivity index (χ1v) is 16.8. The van der Waals surface area contributed by atoms with Crippen molar-refractivity contribution >= 4 is 19.1 Å². The van der Waals surface area contributed by atoms with Gasteiger partial charge in [0.05, 0.1) is 5.92 Å². The van der Waals surface area contributed by atoms with E-state index in [9.17, 15) is 0 Å². The quantitative estimate of drug-likeness (QED) is 0.136. The summed E-state index contributed by atoms with van der Waals surface area (Å²) in [6, 6.07) is 37.1. The number of hydrogen-bond donors (Lipinski definition) is 0. The third-order valence-corrected chi connectivity index (χ3v) is 15.7. The molecule has 0 unspecified atom stereocenters. The number of nitrogens with zero attached hydrogens (tertiary/aromatic N) is 1. The van der Waals surface area contributed by atoms with E-state index in [1.165, 1.54) is 38.7 Å². The summed E-state index contributed by atoms with van der Waals surface area (Å²) in [5.74, 6) is 3.08. The molecule has 40 heavy (non-hydrogen) atoms. The second-order valence-electron chi connectivity index (χ2n) is 12.0. The number of terminal acetylenes is 1.